The molecule has 0 aliphatic heterocycles. The van der Waals surface area contributed by atoms with E-state index in [9.17, 15) is 0 Å². The molecule has 2 heterocycles. The Bertz CT molecular complexity index is 931. The highest BCUT2D eigenvalue weighted by Gasteiger charge is 2.12. The van der Waals surface area contributed by atoms with Gasteiger partial charge in [0.25, 0.3) is 0 Å². The van der Waals surface area contributed by atoms with Gasteiger partial charge in [-0.05, 0) is 24.3 Å². The molecule has 0 saturated heterocycles. The third-order valence-electron chi connectivity index (χ3n) is 3.72. The maximum absolute atomic E-state index is 5.90. The van der Waals surface area contributed by atoms with E-state index in [1.54, 1.807) is 6.20 Å². The fraction of sp³-hybridized carbons (Fsp3) is 0.167. The number of hydrogen-bond donors (Lipinski definition) is 0. The maximum Gasteiger partial charge on any atom is 0.226 e. The molecule has 104 valence electrons. The Morgan fingerprint density at radius 3 is 2.52 bits per heavy atom. The van der Waals surface area contributed by atoms with Crippen LogP contribution in [0.15, 0.2) is 57.5 Å². The molecule has 0 N–H and O–H groups in total. The van der Waals surface area contributed by atoms with Crippen molar-refractivity contribution in [2.75, 3.05) is 0 Å². The van der Waals surface area contributed by atoms with E-state index in [1.807, 2.05) is 30.3 Å². The summed E-state index contributed by atoms with van der Waals surface area (Å²) in [5.41, 5.74) is 2.70. The number of hydrogen-bond acceptors (Lipinski definition) is 3. The quantitative estimate of drug-likeness (QED) is 0.495. The number of fused-ring (bicyclic) bond motifs is 3. The molecule has 3 nitrogen and oxygen atoms in total. The number of benzene rings is 2. The van der Waals surface area contributed by atoms with Crippen molar-refractivity contribution in [2.24, 2.45) is 0 Å². The summed E-state index contributed by atoms with van der Waals surface area (Å²) < 4.78 is 11.7. The molecule has 4 rings (SSSR count). The van der Waals surface area contributed by atoms with Gasteiger partial charge in [-0.1, -0.05) is 32.0 Å². The molecular weight excluding hydrogens is 262 g/mol. The average molecular weight is 277 g/mol. The predicted molar refractivity (Wildman–Crippen MR) is 83.3 cm³/mol. The lowest BCUT2D eigenvalue weighted by Gasteiger charge is -1.98. The standard InChI is InChI=1S/C18H15NO2/c1-11(2)17-10-19-18(21-17)12-7-8-14-13-5-3-4-6-15(13)20-16(14)9-12/h3-11H,1-2H3. The maximum atomic E-state index is 5.90. The van der Waals surface area contributed by atoms with Gasteiger partial charge in [0.15, 0.2) is 0 Å². The lowest BCUT2D eigenvalue weighted by atomic mass is 10.1. The minimum atomic E-state index is 0.334. The monoisotopic (exact) mass is 277 g/mol. The summed E-state index contributed by atoms with van der Waals surface area (Å²) in [6.45, 7) is 4.18. The van der Waals surface area contributed by atoms with Crippen molar-refractivity contribution in [1.82, 2.24) is 4.98 Å². The summed E-state index contributed by atoms with van der Waals surface area (Å²) in [7, 11) is 0. The Morgan fingerprint density at radius 1 is 0.905 bits per heavy atom. The number of aromatic nitrogens is 1. The normalized spacial score (nSPS) is 11.8. The van der Waals surface area contributed by atoms with Gasteiger partial charge >= 0.3 is 0 Å². The van der Waals surface area contributed by atoms with E-state index >= 15 is 0 Å². The first-order valence-corrected chi connectivity index (χ1v) is 7.10. The van der Waals surface area contributed by atoms with Gasteiger partial charge in [0.05, 0.1) is 6.20 Å². The third-order valence-corrected chi connectivity index (χ3v) is 3.72. The zero-order valence-corrected chi connectivity index (χ0v) is 12.0. The molecule has 3 heteroatoms. The van der Waals surface area contributed by atoms with E-state index in [0.29, 0.717) is 11.8 Å². The molecule has 0 aliphatic rings. The number of oxazole rings is 1. The van der Waals surface area contributed by atoms with Gasteiger partial charge in [-0.3, -0.25) is 0 Å². The zero-order chi connectivity index (χ0) is 14.4. The van der Waals surface area contributed by atoms with Gasteiger partial charge in [-0.2, -0.15) is 0 Å². The van der Waals surface area contributed by atoms with Crippen LogP contribution < -0.4 is 0 Å². The molecule has 0 atom stereocenters. The summed E-state index contributed by atoms with van der Waals surface area (Å²) in [5, 5.41) is 2.25. The lowest BCUT2D eigenvalue weighted by Crippen LogP contribution is -1.80. The molecule has 2 aromatic carbocycles. The van der Waals surface area contributed by atoms with Crippen molar-refractivity contribution in [3.8, 4) is 11.5 Å². The number of furan rings is 1. The molecular formula is C18H15NO2. The van der Waals surface area contributed by atoms with E-state index in [2.05, 4.69) is 31.0 Å². The van der Waals surface area contributed by atoms with Crippen molar-refractivity contribution in [1.29, 1.82) is 0 Å². The van der Waals surface area contributed by atoms with Crippen molar-refractivity contribution < 1.29 is 8.83 Å². The fourth-order valence-electron chi connectivity index (χ4n) is 2.55. The number of nitrogens with zero attached hydrogens (tertiary/aromatic N) is 1. The zero-order valence-electron chi connectivity index (χ0n) is 12.0. The van der Waals surface area contributed by atoms with Gasteiger partial charge in [0.1, 0.15) is 16.9 Å². The van der Waals surface area contributed by atoms with Crippen LogP contribution in [0.3, 0.4) is 0 Å². The molecule has 0 unspecified atom stereocenters. The largest absolute Gasteiger partial charge is 0.456 e. The van der Waals surface area contributed by atoms with E-state index < -0.39 is 0 Å². The summed E-state index contributed by atoms with van der Waals surface area (Å²) >= 11 is 0. The first-order valence-electron chi connectivity index (χ1n) is 7.10. The Balaban J connectivity index is 1.88. The molecule has 21 heavy (non-hydrogen) atoms. The Hall–Kier alpha value is -2.55. The van der Waals surface area contributed by atoms with Crippen molar-refractivity contribution in [3.05, 3.63) is 54.4 Å². The molecule has 4 aromatic rings. The van der Waals surface area contributed by atoms with Crippen LogP contribution >= 0.6 is 0 Å². The van der Waals surface area contributed by atoms with Crippen molar-refractivity contribution in [2.45, 2.75) is 19.8 Å². The molecule has 0 amide bonds. The summed E-state index contributed by atoms with van der Waals surface area (Å²) in [6.07, 6.45) is 1.79. The van der Waals surface area contributed by atoms with Gasteiger partial charge in [0, 0.05) is 22.3 Å². The van der Waals surface area contributed by atoms with Crippen LogP contribution in [0.1, 0.15) is 25.5 Å². The summed E-state index contributed by atoms with van der Waals surface area (Å²) in [4.78, 5) is 4.36. The highest BCUT2D eigenvalue weighted by Crippen LogP contribution is 2.32. The second kappa shape index (κ2) is 4.48. The summed E-state index contributed by atoms with van der Waals surface area (Å²) in [5.74, 6) is 1.87. The smallest absolute Gasteiger partial charge is 0.226 e. The highest BCUT2D eigenvalue weighted by atomic mass is 16.4. The van der Waals surface area contributed by atoms with E-state index in [1.165, 1.54) is 0 Å². The van der Waals surface area contributed by atoms with Crippen LogP contribution in [0.4, 0.5) is 0 Å². The van der Waals surface area contributed by atoms with Crippen LogP contribution in [0.5, 0.6) is 0 Å². The summed E-state index contributed by atoms with van der Waals surface area (Å²) in [6, 6.07) is 14.1. The average Bonchev–Trinajstić information content (AvgIpc) is 3.11. The lowest BCUT2D eigenvalue weighted by molar-refractivity contribution is 0.495. The van der Waals surface area contributed by atoms with Crippen LogP contribution in [-0.2, 0) is 0 Å². The Labute approximate surface area is 122 Å². The molecule has 0 bridgehead atoms. The van der Waals surface area contributed by atoms with E-state index in [4.69, 9.17) is 8.83 Å². The second-order valence-electron chi connectivity index (χ2n) is 5.53. The Kier molecular flexibility index (Phi) is 2.61. The molecule has 0 saturated carbocycles. The minimum Gasteiger partial charge on any atom is -0.456 e. The first-order chi connectivity index (χ1) is 10.2. The topological polar surface area (TPSA) is 39.2 Å². The van der Waals surface area contributed by atoms with Crippen LogP contribution in [0, 0.1) is 0 Å². The third kappa shape index (κ3) is 1.93. The van der Waals surface area contributed by atoms with Crippen molar-refractivity contribution in [3.63, 3.8) is 0 Å². The van der Waals surface area contributed by atoms with Gasteiger partial charge in [0.2, 0.25) is 5.89 Å². The van der Waals surface area contributed by atoms with Gasteiger partial charge < -0.3 is 8.83 Å². The van der Waals surface area contributed by atoms with E-state index in [-0.39, 0.29) is 0 Å². The van der Waals surface area contributed by atoms with Gasteiger partial charge in [-0.15, -0.1) is 0 Å². The SMILES string of the molecule is CC(C)c1cnc(-c2ccc3c(c2)oc2ccccc23)o1. The Morgan fingerprint density at radius 2 is 1.71 bits per heavy atom. The molecule has 0 aliphatic carbocycles. The van der Waals surface area contributed by atoms with E-state index in [0.717, 1.165) is 33.3 Å². The minimum absolute atomic E-state index is 0.334. The van der Waals surface area contributed by atoms with Crippen LogP contribution in [-0.4, -0.2) is 4.98 Å². The highest BCUT2D eigenvalue weighted by molar-refractivity contribution is 6.05. The predicted octanol–water partition coefficient (Wildman–Crippen LogP) is 5.36. The van der Waals surface area contributed by atoms with Crippen LogP contribution in [0.25, 0.3) is 33.4 Å². The number of para-hydroxylation sites is 1. The molecule has 0 spiro atoms. The first kappa shape index (κ1) is 12.2. The van der Waals surface area contributed by atoms with Gasteiger partial charge in [-0.25, -0.2) is 4.98 Å². The number of rotatable bonds is 2. The van der Waals surface area contributed by atoms with Crippen LogP contribution in [0.2, 0.25) is 0 Å². The fourth-order valence-corrected chi connectivity index (χ4v) is 2.55. The second-order valence-corrected chi connectivity index (χ2v) is 5.53. The van der Waals surface area contributed by atoms with Crippen molar-refractivity contribution >= 4 is 21.9 Å². The molecule has 0 fully saturated rings. The molecule has 0 radical (unpaired) electrons. The molecule has 2 aromatic heterocycles.